The van der Waals surface area contributed by atoms with Crippen LogP contribution in [0.1, 0.15) is 24.3 Å². The molecular weight excluding hydrogens is 266 g/mol. The fourth-order valence-corrected chi connectivity index (χ4v) is 2.39. The van der Waals surface area contributed by atoms with Gasteiger partial charge in [0.1, 0.15) is 0 Å². The first-order valence-corrected chi connectivity index (χ1v) is 5.87. The highest BCUT2D eigenvalue weighted by Gasteiger charge is 2.12. The van der Waals surface area contributed by atoms with E-state index in [9.17, 15) is 0 Å². The Morgan fingerprint density at radius 3 is 2.75 bits per heavy atom. The number of thiazole rings is 1. The minimum Gasteiger partial charge on any atom is -0.370 e. The van der Waals surface area contributed by atoms with Gasteiger partial charge in [-0.2, -0.15) is 17.6 Å². The second-order valence-electron chi connectivity index (χ2n) is 3.32. The predicted octanol–water partition coefficient (Wildman–Crippen LogP) is 1.18. The normalized spacial score (nSPS) is 13.7. The molecule has 8 heteroatoms. The average Bonchev–Trinajstić information content (AvgIpc) is 2.50. The van der Waals surface area contributed by atoms with Gasteiger partial charge in [0.15, 0.2) is 5.96 Å². The van der Waals surface area contributed by atoms with Crippen LogP contribution in [0.3, 0.4) is 0 Å². The summed E-state index contributed by atoms with van der Waals surface area (Å²) in [7, 11) is 0. The summed E-state index contributed by atoms with van der Waals surface area (Å²) in [6.07, 6.45) is 0.772. The highest BCUT2D eigenvalue weighted by atomic mass is 35.5. The summed E-state index contributed by atoms with van der Waals surface area (Å²) in [6.45, 7) is 1.94. The number of guanidine groups is 1. The lowest BCUT2D eigenvalue weighted by Crippen LogP contribution is -2.21. The molecule has 0 aliphatic rings. The van der Waals surface area contributed by atoms with E-state index in [4.69, 9.17) is 17.2 Å². The SMILES string of the molecule is CC(N)CC(S)c1csc(N=C(N)N)n1.Cl. The molecule has 2 unspecified atom stereocenters. The number of thiol groups is 1. The zero-order valence-corrected chi connectivity index (χ0v) is 11.4. The lowest BCUT2D eigenvalue weighted by Gasteiger charge is -2.09. The van der Waals surface area contributed by atoms with Crippen LogP contribution < -0.4 is 17.2 Å². The molecule has 1 rings (SSSR count). The number of rotatable bonds is 4. The van der Waals surface area contributed by atoms with Crippen LogP contribution in [0.5, 0.6) is 0 Å². The van der Waals surface area contributed by atoms with Gasteiger partial charge >= 0.3 is 0 Å². The van der Waals surface area contributed by atoms with E-state index in [0.29, 0.717) is 5.13 Å². The Balaban J connectivity index is 0.00000225. The zero-order chi connectivity index (χ0) is 11.4. The van der Waals surface area contributed by atoms with Crippen LogP contribution in [0.25, 0.3) is 0 Å². The molecule has 0 aliphatic heterocycles. The van der Waals surface area contributed by atoms with Crippen molar-refractivity contribution in [2.24, 2.45) is 22.2 Å². The molecular formula is C8H16ClN5S2. The maximum absolute atomic E-state index is 5.68. The summed E-state index contributed by atoms with van der Waals surface area (Å²) < 4.78 is 0. The number of hydrogen-bond acceptors (Lipinski definition) is 5. The predicted molar refractivity (Wildman–Crippen MR) is 74.8 cm³/mol. The van der Waals surface area contributed by atoms with Crippen LogP contribution in [-0.2, 0) is 0 Å². The maximum atomic E-state index is 5.68. The van der Waals surface area contributed by atoms with Gasteiger partial charge in [-0.3, -0.25) is 0 Å². The van der Waals surface area contributed by atoms with Crippen molar-refractivity contribution in [1.29, 1.82) is 0 Å². The standard InChI is InChI=1S/C8H15N5S2.ClH/c1-4(9)2-6(14)5-3-15-8(12-5)13-7(10)11;/h3-4,6,14H,2,9H2,1H3,(H4,10,11,12,13);1H. The van der Waals surface area contributed by atoms with Gasteiger partial charge < -0.3 is 17.2 Å². The Morgan fingerprint density at radius 1 is 1.62 bits per heavy atom. The monoisotopic (exact) mass is 281 g/mol. The van der Waals surface area contributed by atoms with Gasteiger partial charge in [-0.1, -0.05) is 0 Å². The molecule has 16 heavy (non-hydrogen) atoms. The Kier molecular flexibility index (Phi) is 6.73. The summed E-state index contributed by atoms with van der Waals surface area (Å²) >= 11 is 5.80. The van der Waals surface area contributed by atoms with Crippen molar-refractivity contribution < 1.29 is 0 Å². The first-order chi connectivity index (χ1) is 6.99. The molecule has 0 fully saturated rings. The van der Waals surface area contributed by atoms with E-state index in [0.717, 1.165) is 12.1 Å². The third-order valence-corrected chi connectivity index (χ3v) is 2.90. The molecule has 0 saturated heterocycles. The van der Waals surface area contributed by atoms with Crippen molar-refractivity contribution in [2.45, 2.75) is 24.6 Å². The van der Waals surface area contributed by atoms with Crippen LogP contribution in [-0.4, -0.2) is 17.0 Å². The number of halogens is 1. The summed E-state index contributed by atoms with van der Waals surface area (Å²) in [6, 6.07) is 0.0979. The second-order valence-corrected chi connectivity index (χ2v) is 4.78. The van der Waals surface area contributed by atoms with Crippen molar-refractivity contribution in [1.82, 2.24) is 4.98 Å². The Morgan fingerprint density at radius 2 is 2.25 bits per heavy atom. The van der Waals surface area contributed by atoms with E-state index in [-0.39, 0.29) is 29.7 Å². The molecule has 0 aromatic carbocycles. The van der Waals surface area contributed by atoms with Crippen molar-refractivity contribution in [3.05, 3.63) is 11.1 Å². The molecule has 6 N–H and O–H groups in total. The number of aliphatic imine (C=N–C) groups is 1. The van der Waals surface area contributed by atoms with E-state index in [1.165, 1.54) is 11.3 Å². The molecule has 0 radical (unpaired) electrons. The maximum Gasteiger partial charge on any atom is 0.212 e. The van der Waals surface area contributed by atoms with E-state index in [1.807, 2.05) is 12.3 Å². The third kappa shape index (κ3) is 5.02. The molecule has 5 nitrogen and oxygen atoms in total. The fourth-order valence-electron chi connectivity index (χ4n) is 1.06. The Labute approximate surface area is 110 Å². The van der Waals surface area contributed by atoms with Crippen molar-refractivity contribution >= 4 is 47.5 Å². The third-order valence-electron chi connectivity index (χ3n) is 1.67. The molecule has 0 spiro atoms. The largest absolute Gasteiger partial charge is 0.370 e. The minimum atomic E-state index is 0. The van der Waals surface area contributed by atoms with E-state index in [1.54, 1.807) is 0 Å². The lowest BCUT2D eigenvalue weighted by molar-refractivity contribution is 0.652. The van der Waals surface area contributed by atoms with Crippen LogP contribution in [0.4, 0.5) is 5.13 Å². The van der Waals surface area contributed by atoms with Gasteiger partial charge in [-0.15, -0.1) is 23.7 Å². The highest BCUT2D eigenvalue weighted by molar-refractivity contribution is 7.80. The van der Waals surface area contributed by atoms with E-state index in [2.05, 4.69) is 22.6 Å². The molecule has 1 heterocycles. The summed E-state index contributed by atoms with van der Waals surface area (Å²) in [5, 5.41) is 2.47. The second kappa shape index (κ2) is 6.95. The van der Waals surface area contributed by atoms with Crippen molar-refractivity contribution in [3.63, 3.8) is 0 Å². The Bertz CT molecular complexity index is 348. The van der Waals surface area contributed by atoms with E-state index >= 15 is 0 Å². The molecule has 0 bridgehead atoms. The topological polar surface area (TPSA) is 103 Å². The number of nitrogens with zero attached hydrogens (tertiary/aromatic N) is 2. The molecule has 1 aromatic heterocycles. The van der Waals surface area contributed by atoms with Crippen molar-refractivity contribution in [2.75, 3.05) is 0 Å². The van der Waals surface area contributed by atoms with Gasteiger partial charge in [0.25, 0.3) is 0 Å². The average molecular weight is 282 g/mol. The molecule has 1 aromatic rings. The van der Waals surface area contributed by atoms with Crippen LogP contribution in [0, 0.1) is 0 Å². The first kappa shape index (κ1) is 15.5. The van der Waals surface area contributed by atoms with Gasteiger partial charge in [-0.25, -0.2) is 4.98 Å². The molecule has 0 aliphatic carbocycles. The summed E-state index contributed by atoms with van der Waals surface area (Å²) in [5.41, 5.74) is 17.0. The highest BCUT2D eigenvalue weighted by Crippen LogP contribution is 2.29. The van der Waals surface area contributed by atoms with Gasteiger partial charge in [0, 0.05) is 16.7 Å². The van der Waals surface area contributed by atoms with Gasteiger partial charge in [-0.05, 0) is 13.3 Å². The molecule has 92 valence electrons. The fraction of sp³-hybridized carbons (Fsp3) is 0.500. The van der Waals surface area contributed by atoms with Gasteiger partial charge in [0.05, 0.1) is 5.69 Å². The smallest absolute Gasteiger partial charge is 0.212 e. The van der Waals surface area contributed by atoms with Crippen LogP contribution in [0.15, 0.2) is 10.4 Å². The minimum absolute atomic E-state index is 0. The summed E-state index contributed by atoms with van der Waals surface area (Å²) in [4.78, 5) is 8.10. The van der Waals surface area contributed by atoms with Gasteiger partial charge in [0.2, 0.25) is 5.13 Å². The number of hydrogen-bond donors (Lipinski definition) is 4. The molecule has 2 atom stereocenters. The number of nitrogens with two attached hydrogens (primary N) is 3. The van der Waals surface area contributed by atoms with Crippen LogP contribution in [0.2, 0.25) is 0 Å². The van der Waals surface area contributed by atoms with Crippen molar-refractivity contribution in [3.8, 4) is 0 Å². The summed E-state index contributed by atoms with van der Waals surface area (Å²) in [5.74, 6) is 0.0128. The zero-order valence-electron chi connectivity index (χ0n) is 8.83. The van der Waals surface area contributed by atoms with E-state index < -0.39 is 0 Å². The molecule has 0 amide bonds. The van der Waals surface area contributed by atoms with Crippen LogP contribution >= 0.6 is 36.4 Å². The quantitative estimate of drug-likeness (QED) is 0.378. The Hall–Kier alpha value is -0.500. The lowest BCUT2D eigenvalue weighted by atomic mass is 10.1. The number of aromatic nitrogens is 1. The first-order valence-electron chi connectivity index (χ1n) is 4.47. The molecule has 0 saturated carbocycles.